The van der Waals surface area contributed by atoms with Gasteiger partial charge in [-0.2, -0.15) is 0 Å². The number of benzene rings is 2. The first-order chi connectivity index (χ1) is 13.2. The van der Waals surface area contributed by atoms with E-state index in [1.807, 2.05) is 60.7 Å². The van der Waals surface area contributed by atoms with Crippen LogP contribution in [0.4, 0.5) is 0 Å². The standard InChI is InChI=1S/C23H25N3O/c1-26-20-15-9-8-14-19(20)25-21(26)16-24-23(27)22(17-10-4-2-5-11-17)18-12-6-3-7-13-18/h2-7,10-13,22H,8-9,14-16H2,1H3,(H,24,27). The fourth-order valence-corrected chi connectivity index (χ4v) is 3.95. The molecule has 4 nitrogen and oxygen atoms in total. The van der Waals surface area contributed by atoms with Gasteiger partial charge in [-0.25, -0.2) is 4.98 Å². The number of carbonyl (C=O) groups excluding carboxylic acids is 1. The number of aryl methyl sites for hydroxylation is 1. The van der Waals surface area contributed by atoms with Crippen molar-refractivity contribution in [2.45, 2.75) is 38.1 Å². The molecule has 1 aliphatic carbocycles. The molecule has 3 aromatic rings. The molecule has 1 aromatic heterocycles. The van der Waals surface area contributed by atoms with Gasteiger partial charge in [-0.15, -0.1) is 0 Å². The predicted octanol–water partition coefficient (Wildman–Crippen LogP) is 3.75. The van der Waals surface area contributed by atoms with Gasteiger partial charge in [0.05, 0.1) is 18.2 Å². The van der Waals surface area contributed by atoms with Crippen molar-refractivity contribution in [2.24, 2.45) is 7.05 Å². The van der Waals surface area contributed by atoms with Crippen molar-refractivity contribution >= 4 is 5.91 Å². The molecule has 1 N–H and O–H groups in total. The van der Waals surface area contributed by atoms with Gasteiger partial charge in [0.25, 0.3) is 0 Å². The Labute approximate surface area is 160 Å². The number of nitrogens with one attached hydrogen (secondary N) is 1. The van der Waals surface area contributed by atoms with Crippen LogP contribution in [0.25, 0.3) is 0 Å². The van der Waals surface area contributed by atoms with Gasteiger partial charge in [0, 0.05) is 12.7 Å². The van der Waals surface area contributed by atoms with Crippen molar-refractivity contribution in [1.29, 1.82) is 0 Å². The molecule has 1 heterocycles. The zero-order valence-electron chi connectivity index (χ0n) is 15.7. The van der Waals surface area contributed by atoms with Crippen molar-refractivity contribution in [3.8, 4) is 0 Å². The van der Waals surface area contributed by atoms with E-state index < -0.39 is 0 Å². The van der Waals surface area contributed by atoms with Gasteiger partial charge in [-0.1, -0.05) is 60.7 Å². The fraction of sp³-hybridized carbons (Fsp3) is 0.304. The molecule has 0 radical (unpaired) electrons. The van der Waals surface area contributed by atoms with Crippen LogP contribution in [0.2, 0.25) is 0 Å². The van der Waals surface area contributed by atoms with E-state index in [-0.39, 0.29) is 11.8 Å². The fourth-order valence-electron chi connectivity index (χ4n) is 3.95. The van der Waals surface area contributed by atoms with Crippen LogP contribution in [0, 0.1) is 0 Å². The summed E-state index contributed by atoms with van der Waals surface area (Å²) in [6, 6.07) is 19.9. The Morgan fingerprint density at radius 3 is 2.19 bits per heavy atom. The van der Waals surface area contributed by atoms with Crippen molar-refractivity contribution in [1.82, 2.24) is 14.9 Å². The smallest absolute Gasteiger partial charge is 0.232 e. The molecule has 1 aliphatic rings. The van der Waals surface area contributed by atoms with Gasteiger partial charge in [-0.3, -0.25) is 4.79 Å². The van der Waals surface area contributed by atoms with Gasteiger partial charge >= 0.3 is 0 Å². The van der Waals surface area contributed by atoms with Crippen molar-refractivity contribution in [2.75, 3.05) is 0 Å². The van der Waals surface area contributed by atoms with Gasteiger partial charge in [0.15, 0.2) is 0 Å². The minimum absolute atomic E-state index is 0.00775. The number of imidazole rings is 1. The van der Waals surface area contributed by atoms with E-state index in [2.05, 4.69) is 16.9 Å². The Morgan fingerprint density at radius 2 is 1.59 bits per heavy atom. The van der Waals surface area contributed by atoms with Crippen LogP contribution in [-0.2, 0) is 31.2 Å². The summed E-state index contributed by atoms with van der Waals surface area (Å²) in [5.41, 5.74) is 4.53. The molecule has 1 amide bonds. The Morgan fingerprint density at radius 1 is 1.00 bits per heavy atom. The van der Waals surface area contributed by atoms with E-state index in [9.17, 15) is 4.79 Å². The first-order valence-electron chi connectivity index (χ1n) is 9.65. The minimum atomic E-state index is -0.317. The van der Waals surface area contributed by atoms with Crippen molar-refractivity contribution in [3.05, 3.63) is 89.0 Å². The molecular weight excluding hydrogens is 334 g/mol. The van der Waals surface area contributed by atoms with Crippen molar-refractivity contribution < 1.29 is 4.79 Å². The van der Waals surface area contributed by atoms with Crippen LogP contribution in [-0.4, -0.2) is 15.5 Å². The van der Waals surface area contributed by atoms with Gasteiger partial charge < -0.3 is 9.88 Å². The van der Waals surface area contributed by atoms with Gasteiger partial charge in [0.1, 0.15) is 5.82 Å². The Kier molecular flexibility index (Phi) is 5.05. The summed E-state index contributed by atoms with van der Waals surface area (Å²) in [6.07, 6.45) is 4.57. The van der Waals surface area contributed by atoms with Gasteiger partial charge in [0.2, 0.25) is 5.91 Å². The second-order valence-electron chi connectivity index (χ2n) is 7.16. The lowest BCUT2D eigenvalue weighted by Gasteiger charge is -2.18. The maximum absolute atomic E-state index is 13.1. The maximum atomic E-state index is 13.1. The molecule has 0 unspecified atom stereocenters. The third-order valence-corrected chi connectivity index (χ3v) is 5.42. The quantitative estimate of drug-likeness (QED) is 0.754. The van der Waals surface area contributed by atoms with Crippen LogP contribution in [0.15, 0.2) is 60.7 Å². The molecule has 0 bridgehead atoms. The lowest BCUT2D eigenvalue weighted by molar-refractivity contribution is -0.121. The normalized spacial score (nSPS) is 13.4. The second kappa shape index (κ2) is 7.78. The highest BCUT2D eigenvalue weighted by atomic mass is 16.1. The van der Waals surface area contributed by atoms with E-state index in [1.54, 1.807) is 0 Å². The molecule has 0 saturated carbocycles. The number of hydrogen-bond donors (Lipinski definition) is 1. The molecular formula is C23H25N3O. The first-order valence-corrected chi connectivity index (χ1v) is 9.65. The molecule has 0 aliphatic heterocycles. The summed E-state index contributed by atoms with van der Waals surface area (Å²) in [7, 11) is 2.06. The number of amides is 1. The number of fused-ring (bicyclic) bond motifs is 1. The van der Waals surface area contributed by atoms with Crippen LogP contribution in [0.3, 0.4) is 0 Å². The number of hydrogen-bond acceptors (Lipinski definition) is 2. The maximum Gasteiger partial charge on any atom is 0.232 e. The summed E-state index contributed by atoms with van der Waals surface area (Å²) in [6.45, 7) is 0.457. The zero-order valence-corrected chi connectivity index (χ0v) is 15.7. The Bertz CT molecular complexity index is 876. The highest BCUT2D eigenvalue weighted by Gasteiger charge is 2.23. The summed E-state index contributed by atoms with van der Waals surface area (Å²) >= 11 is 0. The number of nitrogens with zero attached hydrogens (tertiary/aromatic N) is 2. The topological polar surface area (TPSA) is 46.9 Å². The van der Waals surface area contributed by atoms with E-state index in [1.165, 1.54) is 24.2 Å². The third kappa shape index (κ3) is 3.65. The Hall–Kier alpha value is -2.88. The molecule has 138 valence electrons. The SMILES string of the molecule is Cn1c(CNC(=O)C(c2ccccc2)c2ccccc2)nc2c1CCCC2. The molecule has 27 heavy (non-hydrogen) atoms. The minimum Gasteiger partial charge on any atom is -0.348 e. The molecule has 0 fully saturated rings. The zero-order chi connectivity index (χ0) is 18.6. The highest BCUT2D eigenvalue weighted by Crippen LogP contribution is 2.25. The van der Waals surface area contributed by atoms with Crippen LogP contribution >= 0.6 is 0 Å². The monoisotopic (exact) mass is 359 g/mol. The first kappa shape index (κ1) is 17.5. The molecule has 0 atom stereocenters. The summed E-state index contributed by atoms with van der Waals surface area (Å²) < 4.78 is 2.16. The van der Waals surface area contributed by atoms with E-state index in [0.717, 1.165) is 29.8 Å². The van der Waals surface area contributed by atoms with Gasteiger partial charge in [-0.05, 0) is 36.8 Å². The van der Waals surface area contributed by atoms with E-state index >= 15 is 0 Å². The largest absolute Gasteiger partial charge is 0.348 e. The third-order valence-electron chi connectivity index (χ3n) is 5.42. The number of rotatable bonds is 5. The molecule has 4 rings (SSSR count). The molecule has 0 saturated heterocycles. The molecule has 4 heteroatoms. The highest BCUT2D eigenvalue weighted by molar-refractivity contribution is 5.87. The predicted molar refractivity (Wildman–Crippen MR) is 106 cm³/mol. The second-order valence-corrected chi connectivity index (χ2v) is 7.16. The lowest BCUT2D eigenvalue weighted by Crippen LogP contribution is -2.30. The van der Waals surface area contributed by atoms with Crippen molar-refractivity contribution in [3.63, 3.8) is 0 Å². The van der Waals surface area contributed by atoms with Crippen LogP contribution in [0.1, 0.15) is 47.1 Å². The average Bonchev–Trinajstić information content (AvgIpc) is 3.04. The van der Waals surface area contributed by atoms with E-state index in [0.29, 0.717) is 6.54 Å². The number of carbonyl (C=O) groups is 1. The van der Waals surface area contributed by atoms with E-state index in [4.69, 9.17) is 4.98 Å². The summed E-state index contributed by atoms with van der Waals surface area (Å²) in [4.78, 5) is 17.9. The van der Waals surface area contributed by atoms with Crippen LogP contribution in [0.5, 0.6) is 0 Å². The average molecular weight is 359 g/mol. The summed E-state index contributed by atoms with van der Waals surface area (Å²) in [5, 5.41) is 3.12. The molecule has 0 spiro atoms. The lowest BCUT2D eigenvalue weighted by atomic mass is 9.90. The Balaban J connectivity index is 1.55. The molecule has 2 aromatic carbocycles. The van der Waals surface area contributed by atoms with Crippen LogP contribution < -0.4 is 5.32 Å². The summed E-state index contributed by atoms with van der Waals surface area (Å²) in [5.74, 6) is 0.630. The number of aromatic nitrogens is 2.